The minimum Gasteiger partial charge on any atom is -0.454 e. The Morgan fingerprint density at radius 1 is 0.488 bits per heavy atom. The van der Waals surface area contributed by atoms with E-state index in [0.29, 0.717) is 12.8 Å². The fraction of sp³-hybridized carbons (Fsp3) is 0.746. The van der Waals surface area contributed by atoms with Crippen LogP contribution in [0.4, 0.5) is 0 Å². The second-order valence-corrected chi connectivity index (χ2v) is 22.8. The molecule has 0 aliphatic carbocycles. The molecular formula is C71H123NO10. The Bertz CT molecular complexity index is 1700. The maximum absolute atomic E-state index is 13.4. The van der Waals surface area contributed by atoms with E-state index in [0.717, 1.165) is 96.3 Å². The summed E-state index contributed by atoms with van der Waals surface area (Å²) in [5, 5.41) is 57.1. The number of ether oxygens (including phenoxy) is 3. The average molecular weight is 1150 g/mol. The Labute approximate surface area is 501 Å². The zero-order valence-electron chi connectivity index (χ0n) is 52.3. The Kier molecular flexibility index (Phi) is 54.2. The number of allylic oxidation sites excluding steroid dienone is 15. The van der Waals surface area contributed by atoms with E-state index >= 15 is 0 Å². The van der Waals surface area contributed by atoms with Crippen molar-refractivity contribution in [2.45, 2.75) is 327 Å². The summed E-state index contributed by atoms with van der Waals surface area (Å²) in [5.41, 5.74) is 0. The van der Waals surface area contributed by atoms with Crippen LogP contribution in [0.25, 0.3) is 0 Å². The maximum Gasteiger partial charge on any atom is 0.306 e. The fourth-order valence-electron chi connectivity index (χ4n) is 9.94. The van der Waals surface area contributed by atoms with Crippen LogP contribution in [0.1, 0.15) is 278 Å². The van der Waals surface area contributed by atoms with Gasteiger partial charge in [-0.2, -0.15) is 0 Å². The summed E-state index contributed by atoms with van der Waals surface area (Å²) < 4.78 is 17.6. The second-order valence-electron chi connectivity index (χ2n) is 22.8. The first-order valence-electron chi connectivity index (χ1n) is 33.5. The molecule has 1 amide bonds. The number of hydrogen-bond acceptors (Lipinski definition) is 10. The van der Waals surface area contributed by atoms with Crippen molar-refractivity contribution in [3.05, 3.63) is 97.2 Å². The highest BCUT2D eigenvalue weighted by atomic mass is 16.7. The van der Waals surface area contributed by atoms with Gasteiger partial charge in [0.15, 0.2) is 12.4 Å². The highest BCUT2D eigenvalue weighted by Crippen LogP contribution is 2.26. The first kappa shape index (κ1) is 76.6. The molecule has 82 heavy (non-hydrogen) atoms. The van der Waals surface area contributed by atoms with Gasteiger partial charge in [-0.05, 0) is 103 Å². The maximum atomic E-state index is 13.4. The fourth-order valence-corrected chi connectivity index (χ4v) is 9.94. The molecule has 6 N–H and O–H groups in total. The lowest BCUT2D eigenvalue weighted by molar-refractivity contribution is -0.305. The van der Waals surface area contributed by atoms with E-state index in [1.807, 2.05) is 6.08 Å². The van der Waals surface area contributed by atoms with Crippen molar-refractivity contribution in [2.24, 2.45) is 0 Å². The molecule has 1 rings (SSSR count). The van der Waals surface area contributed by atoms with Gasteiger partial charge in [0.25, 0.3) is 0 Å². The van der Waals surface area contributed by atoms with Crippen LogP contribution < -0.4 is 5.32 Å². The minimum atomic E-state index is -1.62. The van der Waals surface area contributed by atoms with Gasteiger partial charge >= 0.3 is 5.97 Å². The van der Waals surface area contributed by atoms with E-state index in [1.54, 1.807) is 6.08 Å². The van der Waals surface area contributed by atoms with Crippen molar-refractivity contribution >= 4 is 11.9 Å². The van der Waals surface area contributed by atoms with Gasteiger partial charge in [-0.25, -0.2) is 0 Å². The summed E-state index contributed by atoms with van der Waals surface area (Å²) in [6.45, 7) is 5.64. The van der Waals surface area contributed by atoms with Gasteiger partial charge in [-0.15, -0.1) is 0 Å². The van der Waals surface area contributed by atoms with Gasteiger partial charge in [0.2, 0.25) is 5.91 Å². The molecule has 1 heterocycles. The minimum absolute atomic E-state index is 0.115. The predicted molar refractivity (Wildman–Crippen MR) is 342 cm³/mol. The zero-order valence-corrected chi connectivity index (χ0v) is 52.3. The molecule has 11 heteroatoms. The normalized spacial score (nSPS) is 19.2. The molecule has 1 saturated heterocycles. The first-order valence-corrected chi connectivity index (χ1v) is 33.5. The van der Waals surface area contributed by atoms with Crippen LogP contribution in [-0.2, 0) is 23.8 Å². The molecular weight excluding hydrogens is 1030 g/mol. The molecule has 0 aromatic rings. The van der Waals surface area contributed by atoms with Crippen LogP contribution in [-0.4, -0.2) is 99.6 Å². The number of rotatable bonds is 56. The summed E-state index contributed by atoms with van der Waals surface area (Å²) in [5.74, 6) is -1.23. The van der Waals surface area contributed by atoms with Crippen molar-refractivity contribution < 1.29 is 49.3 Å². The summed E-state index contributed by atoms with van der Waals surface area (Å²) in [6, 6.07) is -1.05. The van der Waals surface area contributed by atoms with Gasteiger partial charge in [0.1, 0.15) is 24.4 Å². The van der Waals surface area contributed by atoms with Crippen molar-refractivity contribution in [1.29, 1.82) is 0 Å². The third-order valence-corrected chi connectivity index (χ3v) is 15.2. The molecule has 1 fully saturated rings. The second kappa shape index (κ2) is 58.0. The van der Waals surface area contributed by atoms with E-state index in [2.05, 4.69) is 111 Å². The summed E-state index contributed by atoms with van der Waals surface area (Å²) >= 11 is 0. The monoisotopic (exact) mass is 1150 g/mol. The third kappa shape index (κ3) is 45.0. The van der Waals surface area contributed by atoms with Crippen LogP contribution in [0, 0.1) is 0 Å². The van der Waals surface area contributed by atoms with Crippen molar-refractivity contribution in [3.8, 4) is 0 Å². The zero-order chi connectivity index (χ0) is 59.6. The molecule has 0 aromatic heterocycles. The number of esters is 1. The molecule has 8 atom stereocenters. The number of aliphatic hydroxyl groups excluding tert-OH is 5. The third-order valence-electron chi connectivity index (χ3n) is 15.2. The Hall–Kier alpha value is -3.42. The van der Waals surface area contributed by atoms with Crippen LogP contribution >= 0.6 is 0 Å². The van der Waals surface area contributed by atoms with Crippen LogP contribution in [0.15, 0.2) is 97.2 Å². The highest BCUT2D eigenvalue weighted by Gasteiger charge is 2.47. The molecule has 0 aromatic carbocycles. The molecule has 0 saturated carbocycles. The van der Waals surface area contributed by atoms with E-state index in [9.17, 15) is 35.1 Å². The lowest BCUT2D eigenvalue weighted by Gasteiger charge is -2.41. The molecule has 1 aliphatic heterocycles. The number of unbranched alkanes of at least 4 members (excludes halogenated alkanes) is 28. The predicted octanol–water partition coefficient (Wildman–Crippen LogP) is 16.7. The quantitative estimate of drug-likeness (QED) is 0.0195. The Morgan fingerprint density at radius 2 is 0.878 bits per heavy atom. The van der Waals surface area contributed by atoms with Gasteiger partial charge in [0.05, 0.1) is 25.4 Å². The molecule has 1 aliphatic rings. The number of carbonyl (C=O) groups is 2. The van der Waals surface area contributed by atoms with E-state index in [-0.39, 0.29) is 19.4 Å². The molecule has 11 nitrogen and oxygen atoms in total. The van der Waals surface area contributed by atoms with Gasteiger partial charge in [-0.3, -0.25) is 9.59 Å². The highest BCUT2D eigenvalue weighted by molar-refractivity contribution is 5.80. The van der Waals surface area contributed by atoms with Crippen molar-refractivity contribution in [1.82, 2.24) is 5.32 Å². The lowest BCUT2D eigenvalue weighted by Crippen LogP contribution is -2.61. The van der Waals surface area contributed by atoms with E-state index < -0.39 is 67.4 Å². The summed E-state index contributed by atoms with van der Waals surface area (Å²) in [6.07, 6.45) is 67.3. The number of nitrogens with one attached hydrogen (secondary N) is 1. The summed E-state index contributed by atoms with van der Waals surface area (Å²) in [4.78, 5) is 26.6. The molecule has 0 spiro atoms. The van der Waals surface area contributed by atoms with E-state index in [1.165, 1.54) is 135 Å². The number of amides is 1. The lowest BCUT2D eigenvalue weighted by atomic mass is 9.99. The average Bonchev–Trinajstić information content (AvgIpc) is 3.68. The van der Waals surface area contributed by atoms with Crippen LogP contribution in [0.3, 0.4) is 0 Å². The number of aliphatic hydroxyl groups is 5. The Morgan fingerprint density at radius 3 is 1.34 bits per heavy atom. The number of carbonyl (C=O) groups excluding carboxylic acids is 2. The smallest absolute Gasteiger partial charge is 0.306 e. The largest absolute Gasteiger partial charge is 0.454 e. The SMILES string of the molecule is CC/C=C\C/C=C\C/C=C\C/C=C\C/C=C\CCCCC(O)C(=O)NC(COC1OC(CO)C(O)C(O)C1OC(=O)CCCCCCCCCCCCCCC/C=C\C/C=C\CCCCC)C(O)/C=C/CCCCCCCCCCCC. The molecule has 0 radical (unpaired) electrons. The van der Waals surface area contributed by atoms with Gasteiger partial charge in [0, 0.05) is 6.42 Å². The van der Waals surface area contributed by atoms with E-state index in [4.69, 9.17) is 14.2 Å². The summed E-state index contributed by atoms with van der Waals surface area (Å²) in [7, 11) is 0. The van der Waals surface area contributed by atoms with Crippen molar-refractivity contribution in [2.75, 3.05) is 13.2 Å². The standard InChI is InChI=1S/C71H123NO10/c1-4-7-10-13-16-19-22-25-27-29-31-32-33-34-35-37-39-41-44-47-50-53-56-59-66(76)82-69-68(78)67(77)65(60-73)81-71(69)80-61-62(63(74)57-54-51-48-45-42-24-21-18-15-12-9-6-3)72-70(79)64(75)58-55-52-49-46-43-40-38-36-30-28-26-23-20-17-14-11-8-5-2/h8,11,16-17,19-20,25-28,36,38,43,46,54,57,62-65,67-69,71,73-75,77-78H,4-7,9-10,12-15,18,21-24,29-35,37,39-42,44-45,47-53,55-56,58-61H2,1-3H3,(H,72,79)/b11-8-,19-16-,20-17-,27-25-,28-26-,38-36-,46-43-,57-54+. The van der Waals surface area contributed by atoms with Gasteiger partial charge in [-0.1, -0.05) is 266 Å². The van der Waals surface area contributed by atoms with Gasteiger partial charge < -0.3 is 45.1 Å². The molecule has 472 valence electrons. The molecule has 8 unspecified atom stereocenters. The first-order chi connectivity index (χ1) is 40.2. The Balaban J connectivity index is 2.63. The van der Waals surface area contributed by atoms with Crippen LogP contribution in [0.2, 0.25) is 0 Å². The van der Waals surface area contributed by atoms with Crippen molar-refractivity contribution in [3.63, 3.8) is 0 Å². The van der Waals surface area contributed by atoms with Crippen LogP contribution in [0.5, 0.6) is 0 Å². The number of hydrogen-bond donors (Lipinski definition) is 6. The molecule has 0 bridgehead atoms. The topological polar surface area (TPSA) is 175 Å².